The molecule has 1 aromatic heterocycles. The molecule has 2 heterocycles. The van der Waals surface area contributed by atoms with Crippen LogP contribution in [0.15, 0.2) is 60.8 Å². The summed E-state index contributed by atoms with van der Waals surface area (Å²) in [5.41, 5.74) is 3.32. The summed E-state index contributed by atoms with van der Waals surface area (Å²) in [6.45, 7) is 4.73. The summed E-state index contributed by atoms with van der Waals surface area (Å²) in [6.07, 6.45) is 3.71. The number of carbonyl (C=O) groups is 1. The molecule has 0 saturated heterocycles. The number of anilines is 3. The molecule has 0 spiro atoms. The van der Waals surface area contributed by atoms with Crippen molar-refractivity contribution in [2.75, 3.05) is 16.8 Å². The van der Waals surface area contributed by atoms with Gasteiger partial charge in [-0.3, -0.25) is 4.79 Å². The second-order valence-electron chi connectivity index (χ2n) is 7.24. The smallest absolute Gasteiger partial charge is 0.274 e. The summed E-state index contributed by atoms with van der Waals surface area (Å²) in [4.78, 5) is 23.9. The van der Waals surface area contributed by atoms with Gasteiger partial charge in [-0.05, 0) is 56.5 Å². The highest BCUT2D eigenvalue weighted by Gasteiger charge is 2.21. The van der Waals surface area contributed by atoms with E-state index in [0.29, 0.717) is 23.1 Å². The molecule has 0 aliphatic carbocycles. The van der Waals surface area contributed by atoms with Crippen molar-refractivity contribution in [2.45, 2.75) is 32.8 Å². The second kappa shape index (κ2) is 8.31. The molecule has 0 radical (unpaired) electrons. The number of hydrogen-bond donors (Lipinski definition) is 1. The molecule has 0 saturated carbocycles. The summed E-state index contributed by atoms with van der Waals surface area (Å²) >= 11 is 0. The highest BCUT2D eigenvalue weighted by atomic mass is 16.5. The maximum Gasteiger partial charge on any atom is 0.274 e. The number of hydrogen-bond acceptors (Lipinski definition) is 5. The SMILES string of the molecule is CC(C)Oc1ccccc1NC(=O)c1ccnc(N2CCCc3ccccc32)n1. The van der Waals surface area contributed by atoms with Gasteiger partial charge in [-0.2, -0.15) is 0 Å². The number of rotatable bonds is 5. The average Bonchev–Trinajstić information content (AvgIpc) is 2.74. The standard InChI is InChI=1S/C23H24N4O2/c1-16(2)29-21-12-6-4-10-18(21)25-22(28)19-13-14-24-23(26-19)27-15-7-9-17-8-3-5-11-20(17)27/h3-6,8,10-14,16H,7,9,15H2,1-2H3,(H,25,28). The molecule has 4 rings (SSSR count). The maximum absolute atomic E-state index is 12.9. The minimum Gasteiger partial charge on any atom is -0.489 e. The zero-order valence-corrected chi connectivity index (χ0v) is 16.6. The van der Waals surface area contributed by atoms with E-state index >= 15 is 0 Å². The second-order valence-corrected chi connectivity index (χ2v) is 7.24. The lowest BCUT2D eigenvalue weighted by molar-refractivity contribution is 0.102. The van der Waals surface area contributed by atoms with Crippen LogP contribution in [0.2, 0.25) is 0 Å². The molecule has 0 atom stereocenters. The Labute approximate surface area is 170 Å². The van der Waals surface area contributed by atoms with Gasteiger partial charge >= 0.3 is 0 Å². The van der Waals surface area contributed by atoms with Crippen molar-refractivity contribution in [3.8, 4) is 5.75 Å². The molecular weight excluding hydrogens is 364 g/mol. The molecule has 1 amide bonds. The highest BCUT2D eigenvalue weighted by Crippen LogP contribution is 2.31. The number of amides is 1. The summed E-state index contributed by atoms with van der Waals surface area (Å²) in [7, 11) is 0. The number of para-hydroxylation sites is 3. The van der Waals surface area contributed by atoms with Gasteiger partial charge in [0.2, 0.25) is 5.95 Å². The molecule has 1 aliphatic heterocycles. The van der Waals surface area contributed by atoms with Crippen LogP contribution in [0.5, 0.6) is 5.75 Å². The van der Waals surface area contributed by atoms with Gasteiger partial charge in [0.1, 0.15) is 11.4 Å². The van der Waals surface area contributed by atoms with Crippen molar-refractivity contribution in [2.24, 2.45) is 0 Å². The molecule has 0 bridgehead atoms. The van der Waals surface area contributed by atoms with E-state index in [1.165, 1.54) is 5.56 Å². The van der Waals surface area contributed by atoms with Gasteiger partial charge in [0.15, 0.2) is 0 Å². The fourth-order valence-corrected chi connectivity index (χ4v) is 3.46. The van der Waals surface area contributed by atoms with Crippen molar-refractivity contribution < 1.29 is 9.53 Å². The molecule has 29 heavy (non-hydrogen) atoms. The Morgan fingerprint density at radius 1 is 1.10 bits per heavy atom. The monoisotopic (exact) mass is 388 g/mol. The maximum atomic E-state index is 12.9. The quantitative estimate of drug-likeness (QED) is 0.692. The first-order chi connectivity index (χ1) is 14.1. The number of ether oxygens (including phenoxy) is 1. The van der Waals surface area contributed by atoms with Gasteiger partial charge < -0.3 is 15.0 Å². The molecule has 2 aromatic carbocycles. The van der Waals surface area contributed by atoms with Crippen molar-refractivity contribution in [1.82, 2.24) is 9.97 Å². The van der Waals surface area contributed by atoms with Crippen molar-refractivity contribution in [1.29, 1.82) is 0 Å². The van der Waals surface area contributed by atoms with E-state index in [1.54, 1.807) is 12.3 Å². The third-order valence-corrected chi connectivity index (χ3v) is 4.73. The number of aryl methyl sites for hydroxylation is 1. The van der Waals surface area contributed by atoms with Crippen LogP contribution in [0.3, 0.4) is 0 Å². The Hall–Kier alpha value is -3.41. The van der Waals surface area contributed by atoms with E-state index < -0.39 is 0 Å². The molecule has 6 nitrogen and oxygen atoms in total. The number of fused-ring (bicyclic) bond motifs is 1. The Morgan fingerprint density at radius 3 is 2.76 bits per heavy atom. The Kier molecular flexibility index (Phi) is 5.42. The van der Waals surface area contributed by atoms with Crippen LogP contribution < -0.4 is 15.0 Å². The summed E-state index contributed by atoms with van der Waals surface area (Å²) in [6, 6.07) is 17.3. The van der Waals surface area contributed by atoms with Crippen LogP contribution in [0.25, 0.3) is 0 Å². The van der Waals surface area contributed by atoms with E-state index in [1.807, 2.05) is 50.2 Å². The lowest BCUT2D eigenvalue weighted by Gasteiger charge is -2.29. The third-order valence-electron chi connectivity index (χ3n) is 4.73. The summed E-state index contributed by atoms with van der Waals surface area (Å²) in [5, 5.41) is 2.91. The molecule has 3 aromatic rings. The Morgan fingerprint density at radius 2 is 1.90 bits per heavy atom. The molecule has 1 aliphatic rings. The van der Waals surface area contributed by atoms with Crippen LogP contribution >= 0.6 is 0 Å². The van der Waals surface area contributed by atoms with Crippen LogP contribution in [0.1, 0.15) is 36.3 Å². The van der Waals surface area contributed by atoms with Gasteiger partial charge in [-0.15, -0.1) is 0 Å². The lowest BCUT2D eigenvalue weighted by Crippen LogP contribution is -2.27. The topological polar surface area (TPSA) is 67.3 Å². The van der Waals surface area contributed by atoms with E-state index in [4.69, 9.17) is 4.74 Å². The number of carbonyl (C=O) groups excluding carboxylic acids is 1. The first-order valence-electron chi connectivity index (χ1n) is 9.87. The van der Waals surface area contributed by atoms with Crippen molar-refractivity contribution >= 4 is 23.2 Å². The van der Waals surface area contributed by atoms with Gasteiger partial charge in [-0.25, -0.2) is 9.97 Å². The molecule has 0 unspecified atom stereocenters. The van der Waals surface area contributed by atoms with Crippen molar-refractivity contribution in [3.63, 3.8) is 0 Å². The molecule has 6 heteroatoms. The fraction of sp³-hybridized carbons (Fsp3) is 0.261. The molecule has 148 valence electrons. The van der Waals surface area contributed by atoms with Crippen LogP contribution in [0.4, 0.5) is 17.3 Å². The Balaban J connectivity index is 1.58. The van der Waals surface area contributed by atoms with Crippen LogP contribution in [-0.4, -0.2) is 28.5 Å². The van der Waals surface area contributed by atoms with Gasteiger partial charge in [0.05, 0.1) is 11.8 Å². The lowest BCUT2D eigenvalue weighted by atomic mass is 10.0. The number of nitrogens with zero attached hydrogens (tertiary/aromatic N) is 3. The zero-order chi connectivity index (χ0) is 20.2. The first kappa shape index (κ1) is 18.9. The minimum absolute atomic E-state index is 0.0119. The predicted molar refractivity (Wildman–Crippen MR) is 114 cm³/mol. The van der Waals surface area contributed by atoms with Crippen LogP contribution in [-0.2, 0) is 6.42 Å². The van der Waals surface area contributed by atoms with E-state index in [9.17, 15) is 4.79 Å². The molecular formula is C23H24N4O2. The van der Waals surface area contributed by atoms with Gasteiger partial charge in [0.25, 0.3) is 5.91 Å². The van der Waals surface area contributed by atoms with E-state index in [2.05, 4.69) is 32.3 Å². The van der Waals surface area contributed by atoms with Gasteiger partial charge in [-0.1, -0.05) is 30.3 Å². The fourth-order valence-electron chi connectivity index (χ4n) is 3.46. The first-order valence-corrected chi connectivity index (χ1v) is 9.87. The number of nitrogens with one attached hydrogen (secondary N) is 1. The molecule has 0 fully saturated rings. The predicted octanol–water partition coefficient (Wildman–Crippen LogP) is 4.60. The zero-order valence-electron chi connectivity index (χ0n) is 16.6. The number of aromatic nitrogens is 2. The van der Waals surface area contributed by atoms with Crippen molar-refractivity contribution in [3.05, 3.63) is 72.1 Å². The Bertz CT molecular complexity index is 1020. The normalized spacial score (nSPS) is 13.1. The summed E-state index contributed by atoms with van der Waals surface area (Å²) in [5.74, 6) is 0.880. The summed E-state index contributed by atoms with van der Waals surface area (Å²) < 4.78 is 5.78. The highest BCUT2D eigenvalue weighted by molar-refractivity contribution is 6.03. The third kappa shape index (κ3) is 4.21. The van der Waals surface area contributed by atoms with Crippen LogP contribution in [0, 0.1) is 0 Å². The largest absolute Gasteiger partial charge is 0.489 e. The van der Waals surface area contributed by atoms with E-state index in [-0.39, 0.29) is 12.0 Å². The van der Waals surface area contributed by atoms with E-state index in [0.717, 1.165) is 25.1 Å². The average molecular weight is 388 g/mol. The number of benzene rings is 2. The van der Waals surface area contributed by atoms with Gasteiger partial charge in [0, 0.05) is 18.4 Å². The molecule has 1 N–H and O–H groups in total. The minimum atomic E-state index is -0.293.